The summed E-state index contributed by atoms with van der Waals surface area (Å²) >= 11 is 0. The summed E-state index contributed by atoms with van der Waals surface area (Å²) in [4.78, 5) is 10.5. The van der Waals surface area contributed by atoms with E-state index in [2.05, 4.69) is 10.4 Å². The summed E-state index contributed by atoms with van der Waals surface area (Å²) in [5, 5.41) is 18.7. The molecule has 1 aromatic heterocycles. The number of hydrogen-bond donors (Lipinski definition) is 1. The Morgan fingerprint density at radius 3 is 2.57 bits per heavy atom. The maximum Gasteiger partial charge on any atom is 0.295 e. The molecule has 2 aromatic rings. The summed E-state index contributed by atoms with van der Waals surface area (Å²) in [6.45, 7) is 9.93. The maximum absolute atomic E-state index is 13.2. The molecule has 7 heteroatoms. The lowest BCUT2D eigenvalue weighted by Crippen LogP contribution is -2.22. The second-order valence-electron chi connectivity index (χ2n) is 6.57. The molecule has 1 N–H and O–H groups in total. The van der Waals surface area contributed by atoms with Gasteiger partial charge in [-0.05, 0) is 46.8 Å². The number of anilines is 1. The summed E-state index contributed by atoms with van der Waals surface area (Å²) in [5.41, 5.74) is 1.65. The average molecular weight is 320 g/mol. The van der Waals surface area contributed by atoms with E-state index in [1.54, 1.807) is 0 Å². The van der Waals surface area contributed by atoms with Gasteiger partial charge in [-0.25, -0.2) is 4.39 Å². The fourth-order valence-electron chi connectivity index (χ4n) is 2.33. The third-order valence-electron chi connectivity index (χ3n) is 3.62. The first-order valence-electron chi connectivity index (χ1n) is 7.36. The van der Waals surface area contributed by atoms with Crippen molar-refractivity contribution in [2.24, 2.45) is 0 Å². The van der Waals surface area contributed by atoms with E-state index in [-0.39, 0.29) is 23.0 Å². The van der Waals surface area contributed by atoms with Gasteiger partial charge in [-0.3, -0.25) is 14.8 Å². The predicted molar refractivity (Wildman–Crippen MR) is 87.1 cm³/mol. The molecule has 0 aliphatic carbocycles. The van der Waals surface area contributed by atoms with Gasteiger partial charge in [0, 0.05) is 11.8 Å². The Morgan fingerprint density at radius 2 is 2.04 bits per heavy atom. The lowest BCUT2D eigenvalue weighted by atomic mass is 10.1. The molecule has 0 fully saturated rings. The summed E-state index contributed by atoms with van der Waals surface area (Å²) in [5.74, 6) is -0.633. The van der Waals surface area contributed by atoms with Gasteiger partial charge in [0.15, 0.2) is 0 Å². The zero-order valence-electron chi connectivity index (χ0n) is 13.9. The van der Waals surface area contributed by atoms with Crippen molar-refractivity contribution in [2.75, 3.05) is 5.32 Å². The SMILES string of the molecule is Cc1nn(C(C)(C)C)cc1C(C)Nc1ccc(F)cc1[N+](=O)[O-]. The highest BCUT2D eigenvalue weighted by Gasteiger charge is 2.21. The number of aryl methyl sites for hydroxylation is 1. The van der Waals surface area contributed by atoms with Gasteiger partial charge in [0.1, 0.15) is 11.5 Å². The van der Waals surface area contributed by atoms with E-state index in [4.69, 9.17) is 0 Å². The number of nitrogens with one attached hydrogen (secondary N) is 1. The molecule has 0 bridgehead atoms. The van der Waals surface area contributed by atoms with E-state index < -0.39 is 10.7 Å². The van der Waals surface area contributed by atoms with Crippen LogP contribution < -0.4 is 5.32 Å². The van der Waals surface area contributed by atoms with Crippen molar-refractivity contribution in [1.82, 2.24) is 9.78 Å². The first kappa shape index (κ1) is 16.9. The normalized spacial score (nSPS) is 13.0. The van der Waals surface area contributed by atoms with Crippen molar-refractivity contribution in [3.05, 3.63) is 51.6 Å². The largest absolute Gasteiger partial charge is 0.373 e. The molecular weight excluding hydrogens is 299 g/mol. The Kier molecular flexibility index (Phi) is 4.40. The second kappa shape index (κ2) is 5.98. The van der Waals surface area contributed by atoms with Gasteiger partial charge in [0.25, 0.3) is 5.69 Å². The standard InChI is InChI=1S/C16H21FN4O2/c1-10(13-9-20(16(3,4)5)19-11(13)2)18-14-7-6-12(17)8-15(14)21(22)23/h6-10,18H,1-5H3. The third-order valence-corrected chi connectivity index (χ3v) is 3.62. The molecule has 0 aliphatic heterocycles. The van der Waals surface area contributed by atoms with Crippen LogP contribution in [0.1, 0.15) is 45.0 Å². The molecule has 0 aliphatic rings. The lowest BCUT2D eigenvalue weighted by molar-refractivity contribution is -0.384. The van der Waals surface area contributed by atoms with E-state index in [1.165, 1.54) is 12.1 Å². The van der Waals surface area contributed by atoms with Crippen LogP contribution in [0, 0.1) is 22.9 Å². The molecule has 1 atom stereocenters. The minimum Gasteiger partial charge on any atom is -0.373 e. The van der Waals surface area contributed by atoms with Crippen molar-refractivity contribution in [2.45, 2.75) is 46.2 Å². The van der Waals surface area contributed by atoms with E-state index in [0.717, 1.165) is 17.3 Å². The monoisotopic (exact) mass is 320 g/mol. The predicted octanol–water partition coefficient (Wildman–Crippen LogP) is 4.17. The molecule has 0 saturated carbocycles. The average Bonchev–Trinajstić information content (AvgIpc) is 2.82. The first-order valence-corrected chi connectivity index (χ1v) is 7.36. The number of nitrogens with zero attached hydrogens (tertiary/aromatic N) is 3. The van der Waals surface area contributed by atoms with Crippen LogP contribution in [0.4, 0.5) is 15.8 Å². The molecule has 0 amide bonds. The van der Waals surface area contributed by atoms with Gasteiger partial charge in [0.2, 0.25) is 0 Å². The first-order chi connectivity index (χ1) is 10.6. The molecule has 0 radical (unpaired) electrons. The molecule has 1 unspecified atom stereocenters. The molecule has 23 heavy (non-hydrogen) atoms. The topological polar surface area (TPSA) is 73.0 Å². The highest BCUT2D eigenvalue weighted by molar-refractivity contribution is 5.62. The van der Waals surface area contributed by atoms with Crippen molar-refractivity contribution in [3.8, 4) is 0 Å². The molecular formula is C16H21FN4O2. The Balaban J connectivity index is 2.32. The quantitative estimate of drug-likeness (QED) is 0.678. The molecule has 1 heterocycles. The van der Waals surface area contributed by atoms with E-state index in [0.29, 0.717) is 0 Å². The van der Waals surface area contributed by atoms with Crippen molar-refractivity contribution < 1.29 is 9.31 Å². The van der Waals surface area contributed by atoms with Crippen LogP contribution in [0.5, 0.6) is 0 Å². The van der Waals surface area contributed by atoms with Gasteiger partial charge < -0.3 is 5.32 Å². The molecule has 6 nitrogen and oxygen atoms in total. The van der Waals surface area contributed by atoms with Gasteiger partial charge in [-0.2, -0.15) is 5.10 Å². The summed E-state index contributed by atoms with van der Waals surface area (Å²) in [6.07, 6.45) is 1.93. The third kappa shape index (κ3) is 3.67. The van der Waals surface area contributed by atoms with Crippen molar-refractivity contribution in [1.29, 1.82) is 0 Å². The summed E-state index contributed by atoms with van der Waals surface area (Å²) in [6, 6.07) is 3.30. The fourth-order valence-corrected chi connectivity index (χ4v) is 2.33. The Morgan fingerprint density at radius 1 is 1.39 bits per heavy atom. The van der Waals surface area contributed by atoms with Crippen LogP contribution in [0.15, 0.2) is 24.4 Å². The molecule has 0 saturated heterocycles. The lowest BCUT2D eigenvalue weighted by Gasteiger charge is -2.19. The molecule has 2 rings (SSSR count). The zero-order chi connectivity index (χ0) is 17.4. The van der Waals surface area contributed by atoms with Crippen molar-refractivity contribution >= 4 is 11.4 Å². The number of hydrogen-bond acceptors (Lipinski definition) is 4. The molecule has 0 spiro atoms. The summed E-state index contributed by atoms with van der Waals surface area (Å²) in [7, 11) is 0. The highest BCUT2D eigenvalue weighted by atomic mass is 19.1. The van der Waals surface area contributed by atoms with E-state index >= 15 is 0 Å². The Hall–Kier alpha value is -2.44. The Labute approximate surface area is 134 Å². The van der Waals surface area contributed by atoms with Gasteiger partial charge in [-0.1, -0.05) is 0 Å². The van der Waals surface area contributed by atoms with Crippen LogP contribution in [0.25, 0.3) is 0 Å². The number of nitro benzene ring substituents is 1. The minimum absolute atomic E-state index is 0.148. The van der Waals surface area contributed by atoms with E-state index in [9.17, 15) is 14.5 Å². The van der Waals surface area contributed by atoms with E-state index in [1.807, 2.05) is 45.5 Å². The molecule has 124 valence electrons. The van der Waals surface area contributed by atoms with Gasteiger partial charge in [-0.15, -0.1) is 0 Å². The van der Waals surface area contributed by atoms with Crippen LogP contribution in [0.3, 0.4) is 0 Å². The van der Waals surface area contributed by atoms with Crippen LogP contribution >= 0.6 is 0 Å². The number of aromatic nitrogens is 2. The smallest absolute Gasteiger partial charge is 0.295 e. The van der Waals surface area contributed by atoms with Crippen LogP contribution in [0.2, 0.25) is 0 Å². The summed E-state index contributed by atoms with van der Waals surface area (Å²) < 4.78 is 15.1. The maximum atomic E-state index is 13.2. The number of nitro groups is 1. The van der Waals surface area contributed by atoms with Gasteiger partial charge >= 0.3 is 0 Å². The van der Waals surface area contributed by atoms with Gasteiger partial charge in [0.05, 0.1) is 28.3 Å². The number of rotatable bonds is 4. The second-order valence-corrected chi connectivity index (χ2v) is 6.57. The minimum atomic E-state index is -0.633. The van der Waals surface area contributed by atoms with Crippen molar-refractivity contribution in [3.63, 3.8) is 0 Å². The highest BCUT2D eigenvalue weighted by Crippen LogP contribution is 2.30. The number of halogens is 1. The van der Waals surface area contributed by atoms with Crippen LogP contribution in [-0.2, 0) is 5.54 Å². The molecule has 1 aromatic carbocycles. The number of benzene rings is 1. The Bertz CT molecular complexity index is 734. The van der Waals surface area contributed by atoms with Crippen LogP contribution in [-0.4, -0.2) is 14.7 Å². The zero-order valence-corrected chi connectivity index (χ0v) is 13.9. The fraction of sp³-hybridized carbons (Fsp3) is 0.438.